The van der Waals surface area contributed by atoms with Crippen LogP contribution in [0.5, 0.6) is 0 Å². The second-order valence-corrected chi connectivity index (χ2v) is 7.68. The highest BCUT2D eigenvalue weighted by atomic mass is 32.1. The zero-order chi connectivity index (χ0) is 18.8. The molecule has 0 spiro atoms. The van der Waals surface area contributed by atoms with Crippen LogP contribution in [0.2, 0.25) is 0 Å². The minimum Gasteiger partial charge on any atom is -0.467 e. The summed E-state index contributed by atoms with van der Waals surface area (Å²) < 4.78 is 5.40. The summed E-state index contributed by atoms with van der Waals surface area (Å²) in [4.78, 5) is 30.4. The first-order valence-electron chi connectivity index (χ1n) is 8.81. The first-order chi connectivity index (χ1) is 13.1. The van der Waals surface area contributed by atoms with Crippen LogP contribution in [0.15, 0.2) is 64.6 Å². The Morgan fingerprint density at radius 1 is 1.07 bits per heavy atom. The molecular formula is C21H20N2O3S. The SMILES string of the molecule is Cc1ccc(CN2CC(=O)N(Cc3ccco3)C(c3cccs3)C2=O)cc1. The van der Waals surface area contributed by atoms with Crippen molar-refractivity contribution in [2.24, 2.45) is 0 Å². The molecule has 5 nitrogen and oxygen atoms in total. The van der Waals surface area contributed by atoms with E-state index in [-0.39, 0.29) is 18.4 Å². The summed E-state index contributed by atoms with van der Waals surface area (Å²) in [5.74, 6) is 0.547. The van der Waals surface area contributed by atoms with E-state index < -0.39 is 6.04 Å². The first kappa shape index (κ1) is 17.5. The molecule has 1 unspecified atom stereocenters. The Kier molecular flexibility index (Phi) is 4.81. The Labute approximate surface area is 161 Å². The molecule has 4 rings (SSSR count). The summed E-state index contributed by atoms with van der Waals surface area (Å²) in [5.41, 5.74) is 2.19. The Bertz CT molecular complexity index is 917. The third kappa shape index (κ3) is 3.66. The van der Waals surface area contributed by atoms with Gasteiger partial charge in [0.15, 0.2) is 0 Å². The van der Waals surface area contributed by atoms with Gasteiger partial charge in [0.2, 0.25) is 5.91 Å². The van der Waals surface area contributed by atoms with Crippen LogP contribution in [0.4, 0.5) is 0 Å². The number of amides is 2. The highest BCUT2D eigenvalue weighted by molar-refractivity contribution is 7.10. The molecule has 0 bridgehead atoms. The Hall–Kier alpha value is -2.86. The van der Waals surface area contributed by atoms with Crippen molar-refractivity contribution in [1.29, 1.82) is 0 Å². The van der Waals surface area contributed by atoms with Crippen molar-refractivity contribution in [2.75, 3.05) is 6.54 Å². The van der Waals surface area contributed by atoms with Crippen molar-refractivity contribution in [3.8, 4) is 0 Å². The fourth-order valence-electron chi connectivity index (χ4n) is 3.30. The van der Waals surface area contributed by atoms with E-state index in [9.17, 15) is 9.59 Å². The van der Waals surface area contributed by atoms with Crippen LogP contribution < -0.4 is 0 Å². The maximum absolute atomic E-state index is 13.3. The predicted molar refractivity (Wildman–Crippen MR) is 103 cm³/mol. The van der Waals surface area contributed by atoms with Gasteiger partial charge in [0, 0.05) is 11.4 Å². The number of benzene rings is 1. The number of carbonyl (C=O) groups excluding carboxylic acids is 2. The van der Waals surface area contributed by atoms with Crippen LogP contribution in [0.1, 0.15) is 27.8 Å². The van der Waals surface area contributed by atoms with E-state index in [1.807, 2.05) is 54.8 Å². The van der Waals surface area contributed by atoms with Crippen molar-refractivity contribution in [2.45, 2.75) is 26.1 Å². The van der Waals surface area contributed by atoms with Crippen LogP contribution >= 0.6 is 11.3 Å². The van der Waals surface area contributed by atoms with Crippen molar-refractivity contribution in [3.05, 3.63) is 81.9 Å². The minimum atomic E-state index is -0.609. The first-order valence-corrected chi connectivity index (χ1v) is 9.69. The lowest BCUT2D eigenvalue weighted by Gasteiger charge is -2.39. The molecule has 1 aliphatic rings. The molecule has 0 saturated carbocycles. The molecule has 0 radical (unpaired) electrons. The van der Waals surface area contributed by atoms with E-state index in [1.165, 1.54) is 16.9 Å². The highest BCUT2D eigenvalue weighted by Crippen LogP contribution is 2.32. The van der Waals surface area contributed by atoms with Gasteiger partial charge in [-0.15, -0.1) is 11.3 Å². The second-order valence-electron chi connectivity index (χ2n) is 6.70. The van der Waals surface area contributed by atoms with Crippen LogP contribution in [0.3, 0.4) is 0 Å². The average molecular weight is 380 g/mol. The summed E-state index contributed by atoms with van der Waals surface area (Å²) in [6, 6.07) is 14.9. The van der Waals surface area contributed by atoms with E-state index in [0.717, 1.165) is 10.4 Å². The van der Waals surface area contributed by atoms with Gasteiger partial charge < -0.3 is 14.2 Å². The lowest BCUT2D eigenvalue weighted by molar-refractivity contribution is -0.157. The van der Waals surface area contributed by atoms with Crippen molar-refractivity contribution >= 4 is 23.2 Å². The predicted octanol–water partition coefficient (Wildman–Crippen LogP) is 3.76. The third-order valence-corrected chi connectivity index (χ3v) is 5.64. The molecule has 1 fully saturated rings. The quantitative estimate of drug-likeness (QED) is 0.677. The number of hydrogen-bond acceptors (Lipinski definition) is 4. The second kappa shape index (κ2) is 7.40. The molecule has 0 N–H and O–H groups in total. The molecule has 1 saturated heterocycles. The summed E-state index contributed by atoms with van der Waals surface area (Å²) in [6.07, 6.45) is 1.58. The van der Waals surface area contributed by atoms with Crippen LogP contribution in [0.25, 0.3) is 0 Å². The fourth-order valence-corrected chi connectivity index (χ4v) is 4.13. The monoisotopic (exact) mass is 380 g/mol. The molecular weight excluding hydrogens is 360 g/mol. The van der Waals surface area contributed by atoms with Gasteiger partial charge in [-0.2, -0.15) is 0 Å². The standard InChI is InChI=1S/C21H20N2O3S/c1-15-6-8-16(9-7-15)12-22-14-19(24)23(13-17-4-2-10-26-17)20(21(22)25)18-5-3-11-27-18/h2-11,20H,12-14H2,1H3. The topological polar surface area (TPSA) is 53.8 Å². The molecule has 1 aromatic carbocycles. The van der Waals surface area contributed by atoms with Gasteiger partial charge >= 0.3 is 0 Å². The zero-order valence-corrected chi connectivity index (χ0v) is 15.8. The van der Waals surface area contributed by atoms with Gasteiger partial charge in [-0.25, -0.2) is 0 Å². The van der Waals surface area contributed by atoms with E-state index in [2.05, 4.69) is 0 Å². The van der Waals surface area contributed by atoms with Gasteiger partial charge in [0.1, 0.15) is 18.3 Å². The number of aryl methyl sites for hydroxylation is 1. The number of furan rings is 1. The van der Waals surface area contributed by atoms with Crippen LogP contribution in [0, 0.1) is 6.92 Å². The summed E-state index contributed by atoms with van der Waals surface area (Å²) in [5, 5.41) is 1.93. The van der Waals surface area contributed by atoms with Gasteiger partial charge in [-0.1, -0.05) is 35.9 Å². The Morgan fingerprint density at radius 3 is 2.56 bits per heavy atom. The third-order valence-electron chi connectivity index (χ3n) is 4.72. The minimum absolute atomic E-state index is 0.0517. The molecule has 6 heteroatoms. The van der Waals surface area contributed by atoms with Crippen molar-refractivity contribution in [3.63, 3.8) is 0 Å². The highest BCUT2D eigenvalue weighted by Gasteiger charge is 2.41. The lowest BCUT2D eigenvalue weighted by Crippen LogP contribution is -2.54. The fraction of sp³-hybridized carbons (Fsp3) is 0.238. The molecule has 3 aromatic rings. The number of rotatable bonds is 5. The van der Waals surface area contributed by atoms with Gasteiger partial charge in [0.25, 0.3) is 5.91 Å². The van der Waals surface area contributed by atoms with E-state index in [0.29, 0.717) is 18.8 Å². The van der Waals surface area contributed by atoms with Gasteiger partial charge in [-0.05, 0) is 36.1 Å². The maximum Gasteiger partial charge on any atom is 0.251 e. The largest absolute Gasteiger partial charge is 0.467 e. The molecule has 1 atom stereocenters. The molecule has 1 aliphatic heterocycles. The van der Waals surface area contributed by atoms with E-state index in [1.54, 1.807) is 22.1 Å². The van der Waals surface area contributed by atoms with Crippen molar-refractivity contribution in [1.82, 2.24) is 9.80 Å². The molecule has 27 heavy (non-hydrogen) atoms. The lowest BCUT2D eigenvalue weighted by atomic mass is 10.1. The molecule has 2 aromatic heterocycles. The number of hydrogen-bond donors (Lipinski definition) is 0. The van der Waals surface area contributed by atoms with E-state index >= 15 is 0 Å². The Morgan fingerprint density at radius 2 is 1.89 bits per heavy atom. The maximum atomic E-state index is 13.3. The number of carbonyl (C=O) groups is 2. The van der Waals surface area contributed by atoms with Crippen molar-refractivity contribution < 1.29 is 14.0 Å². The summed E-state index contributed by atoms with van der Waals surface area (Å²) in [7, 11) is 0. The molecule has 138 valence electrons. The van der Waals surface area contributed by atoms with Gasteiger partial charge in [-0.3, -0.25) is 9.59 Å². The number of thiophene rings is 1. The Balaban J connectivity index is 1.61. The number of nitrogens with zero attached hydrogens (tertiary/aromatic N) is 2. The summed E-state index contributed by atoms with van der Waals surface area (Å²) >= 11 is 1.49. The molecule has 0 aliphatic carbocycles. The normalized spacial score (nSPS) is 17.6. The smallest absolute Gasteiger partial charge is 0.251 e. The zero-order valence-electron chi connectivity index (χ0n) is 15.0. The van der Waals surface area contributed by atoms with Crippen LogP contribution in [-0.4, -0.2) is 28.2 Å². The summed E-state index contributed by atoms with van der Waals surface area (Å²) in [6.45, 7) is 2.83. The van der Waals surface area contributed by atoms with Gasteiger partial charge in [0.05, 0.1) is 12.8 Å². The van der Waals surface area contributed by atoms with E-state index in [4.69, 9.17) is 4.42 Å². The molecule has 3 heterocycles. The number of piperazine rings is 1. The van der Waals surface area contributed by atoms with Crippen LogP contribution in [-0.2, 0) is 22.7 Å². The average Bonchev–Trinajstić information content (AvgIpc) is 3.35. The molecule has 2 amide bonds.